The SMILES string of the molecule is CCCCC(C)(O)CCCNc1ccc(C(C)C)cc1. The van der Waals surface area contributed by atoms with Crippen LogP contribution in [-0.4, -0.2) is 17.3 Å². The van der Waals surface area contributed by atoms with Gasteiger partial charge in [-0.15, -0.1) is 0 Å². The van der Waals surface area contributed by atoms with Gasteiger partial charge in [0.25, 0.3) is 0 Å². The summed E-state index contributed by atoms with van der Waals surface area (Å²) in [6, 6.07) is 8.66. The Morgan fingerprint density at radius 3 is 2.25 bits per heavy atom. The first-order chi connectivity index (χ1) is 9.44. The molecular weight excluding hydrogens is 246 g/mol. The van der Waals surface area contributed by atoms with Crippen LogP contribution < -0.4 is 5.32 Å². The van der Waals surface area contributed by atoms with E-state index in [9.17, 15) is 5.11 Å². The Labute approximate surface area is 124 Å². The highest BCUT2D eigenvalue weighted by molar-refractivity contribution is 5.45. The maximum atomic E-state index is 10.2. The third-order valence-corrected chi connectivity index (χ3v) is 3.87. The fraction of sp³-hybridized carbons (Fsp3) is 0.667. The molecule has 0 radical (unpaired) electrons. The molecule has 1 unspecified atom stereocenters. The van der Waals surface area contributed by atoms with Gasteiger partial charge in [-0.1, -0.05) is 45.7 Å². The highest BCUT2D eigenvalue weighted by Gasteiger charge is 2.18. The van der Waals surface area contributed by atoms with Gasteiger partial charge in [-0.25, -0.2) is 0 Å². The van der Waals surface area contributed by atoms with Gasteiger partial charge < -0.3 is 10.4 Å². The lowest BCUT2D eigenvalue weighted by atomic mass is 9.94. The van der Waals surface area contributed by atoms with Crippen molar-refractivity contribution in [2.45, 2.75) is 71.3 Å². The Morgan fingerprint density at radius 2 is 1.70 bits per heavy atom. The average molecular weight is 277 g/mol. The number of anilines is 1. The predicted molar refractivity (Wildman–Crippen MR) is 88.4 cm³/mol. The van der Waals surface area contributed by atoms with Crippen molar-refractivity contribution in [1.82, 2.24) is 0 Å². The number of nitrogens with one attached hydrogen (secondary N) is 1. The van der Waals surface area contributed by atoms with E-state index in [2.05, 4.69) is 50.4 Å². The van der Waals surface area contributed by atoms with Gasteiger partial charge >= 0.3 is 0 Å². The van der Waals surface area contributed by atoms with Crippen molar-refractivity contribution >= 4 is 5.69 Å². The van der Waals surface area contributed by atoms with Gasteiger partial charge in [-0.3, -0.25) is 0 Å². The molecule has 2 N–H and O–H groups in total. The number of rotatable bonds is 9. The van der Waals surface area contributed by atoms with Gasteiger partial charge in [0.1, 0.15) is 0 Å². The molecular formula is C18H31NO. The molecule has 2 nitrogen and oxygen atoms in total. The van der Waals surface area contributed by atoms with Crippen LogP contribution in [0, 0.1) is 0 Å². The van der Waals surface area contributed by atoms with Gasteiger partial charge in [0.15, 0.2) is 0 Å². The van der Waals surface area contributed by atoms with Crippen LogP contribution in [0.5, 0.6) is 0 Å². The summed E-state index contributed by atoms with van der Waals surface area (Å²) >= 11 is 0. The minimum absolute atomic E-state index is 0.501. The number of hydrogen-bond donors (Lipinski definition) is 2. The number of aliphatic hydroxyl groups is 1. The molecule has 1 aromatic carbocycles. The smallest absolute Gasteiger partial charge is 0.0620 e. The quantitative estimate of drug-likeness (QED) is 0.626. The molecule has 0 amide bonds. The highest BCUT2D eigenvalue weighted by Crippen LogP contribution is 2.20. The lowest BCUT2D eigenvalue weighted by Crippen LogP contribution is -2.24. The van der Waals surface area contributed by atoms with Crippen molar-refractivity contribution in [2.75, 3.05) is 11.9 Å². The molecule has 0 aliphatic carbocycles. The Bertz CT molecular complexity index is 368. The third-order valence-electron chi connectivity index (χ3n) is 3.87. The van der Waals surface area contributed by atoms with Crippen molar-refractivity contribution in [1.29, 1.82) is 0 Å². The minimum atomic E-state index is -0.501. The first kappa shape index (κ1) is 17.0. The average Bonchev–Trinajstić information content (AvgIpc) is 2.42. The molecule has 20 heavy (non-hydrogen) atoms. The summed E-state index contributed by atoms with van der Waals surface area (Å²) in [5.41, 5.74) is 2.04. The van der Waals surface area contributed by atoms with E-state index in [1.165, 1.54) is 11.3 Å². The first-order valence-corrected chi connectivity index (χ1v) is 8.01. The monoisotopic (exact) mass is 277 g/mol. The molecule has 0 aromatic heterocycles. The molecule has 1 atom stereocenters. The van der Waals surface area contributed by atoms with E-state index < -0.39 is 5.60 Å². The van der Waals surface area contributed by atoms with E-state index in [1.807, 2.05) is 6.92 Å². The summed E-state index contributed by atoms with van der Waals surface area (Å²) in [4.78, 5) is 0. The Morgan fingerprint density at radius 1 is 1.10 bits per heavy atom. The standard InChI is InChI=1S/C18H31NO/c1-5-6-12-18(4,20)13-7-14-19-17-10-8-16(9-11-17)15(2)3/h8-11,15,19-20H,5-7,12-14H2,1-4H3. The first-order valence-electron chi connectivity index (χ1n) is 8.01. The minimum Gasteiger partial charge on any atom is -0.390 e. The summed E-state index contributed by atoms with van der Waals surface area (Å²) in [5, 5.41) is 13.6. The maximum absolute atomic E-state index is 10.2. The largest absolute Gasteiger partial charge is 0.390 e. The second kappa shape index (κ2) is 8.31. The maximum Gasteiger partial charge on any atom is 0.0620 e. The zero-order chi connectivity index (χ0) is 15.0. The second-order valence-corrected chi connectivity index (χ2v) is 6.41. The molecule has 1 aromatic rings. The van der Waals surface area contributed by atoms with Crippen LogP contribution in [0.2, 0.25) is 0 Å². The lowest BCUT2D eigenvalue weighted by molar-refractivity contribution is 0.0387. The van der Waals surface area contributed by atoms with E-state index in [4.69, 9.17) is 0 Å². The van der Waals surface area contributed by atoms with E-state index in [-0.39, 0.29) is 0 Å². The van der Waals surface area contributed by atoms with E-state index >= 15 is 0 Å². The molecule has 0 fully saturated rings. The Kier molecular flexibility index (Phi) is 7.08. The van der Waals surface area contributed by atoms with Crippen LogP contribution in [0.3, 0.4) is 0 Å². The van der Waals surface area contributed by atoms with Crippen LogP contribution in [-0.2, 0) is 0 Å². The molecule has 0 bridgehead atoms. The van der Waals surface area contributed by atoms with Crippen molar-refractivity contribution in [3.8, 4) is 0 Å². The van der Waals surface area contributed by atoms with Crippen molar-refractivity contribution in [3.63, 3.8) is 0 Å². The van der Waals surface area contributed by atoms with Crippen LogP contribution >= 0.6 is 0 Å². The zero-order valence-corrected chi connectivity index (χ0v) is 13.6. The molecule has 0 heterocycles. The summed E-state index contributed by atoms with van der Waals surface area (Å²) in [7, 11) is 0. The predicted octanol–water partition coefficient (Wildman–Crippen LogP) is 4.94. The molecule has 0 aliphatic rings. The van der Waals surface area contributed by atoms with Gasteiger partial charge in [0.05, 0.1) is 5.60 Å². The van der Waals surface area contributed by atoms with Gasteiger partial charge in [-0.2, -0.15) is 0 Å². The van der Waals surface area contributed by atoms with E-state index in [0.29, 0.717) is 5.92 Å². The van der Waals surface area contributed by atoms with Crippen LogP contribution in [0.25, 0.3) is 0 Å². The fourth-order valence-electron chi connectivity index (χ4n) is 2.37. The van der Waals surface area contributed by atoms with Gasteiger partial charge in [-0.05, 0) is 49.8 Å². The molecule has 0 saturated heterocycles. The normalized spacial score (nSPS) is 14.3. The summed E-state index contributed by atoms with van der Waals surface area (Å²) in [5.74, 6) is 0.581. The number of hydrogen-bond acceptors (Lipinski definition) is 2. The van der Waals surface area contributed by atoms with Gasteiger partial charge in [0, 0.05) is 12.2 Å². The highest BCUT2D eigenvalue weighted by atomic mass is 16.3. The molecule has 0 saturated carbocycles. The summed E-state index contributed by atoms with van der Waals surface area (Å²) < 4.78 is 0. The molecule has 114 valence electrons. The van der Waals surface area contributed by atoms with E-state index in [0.717, 1.165) is 38.6 Å². The molecule has 2 heteroatoms. The lowest BCUT2D eigenvalue weighted by Gasteiger charge is -2.23. The molecule has 1 rings (SSSR count). The van der Waals surface area contributed by atoms with Crippen LogP contribution in [0.15, 0.2) is 24.3 Å². The van der Waals surface area contributed by atoms with Crippen molar-refractivity contribution in [2.24, 2.45) is 0 Å². The fourth-order valence-corrected chi connectivity index (χ4v) is 2.37. The Hall–Kier alpha value is -1.02. The van der Waals surface area contributed by atoms with Crippen molar-refractivity contribution in [3.05, 3.63) is 29.8 Å². The summed E-state index contributed by atoms with van der Waals surface area (Å²) in [6.07, 6.45) is 5.03. The Balaban J connectivity index is 2.27. The molecule has 0 aliphatic heterocycles. The third kappa shape index (κ3) is 6.42. The van der Waals surface area contributed by atoms with Crippen LogP contribution in [0.1, 0.15) is 71.3 Å². The van der Waals surface area contributed by atoms with Crippen LogP contribution in [0.4, 0.5) is 5.69 Å². The van der Waals surface area contributed by atoms with Gasteiger partial charge in [0.2, 0.25) is 0 Å². The topological polar surface area (TPSA) is 32.3 Å². The number of benzene rings is 1. The van der Waals surface area contributed by atoms with Crippen molar-refractivity contribution < 1.29 is 5.11 Å². The summed E-state index contributed by atoms with van der Waals surface area (Å²) in [6.45, 7) is 9.46. The molecule has 0 spiro atoms. The zero-order valence-electron chi connectivity index (χ0n) is 13.6. The second-order valence-electron chi connectivity index (χ2n) is 6.41. The number of unbranched alkanes of at least 4 members (excludes halogenated alkanes) is 1. The van der Waals surface area contributed by atoms with E-state index in [1.54, 1.807) is 0 Å².